The Hall–Kier alpha value is -2.14. The molecule has 5 heteroatoms. The molecule has 0 spiro atoms. The summed E-state index contributed by atoms with van der Waals surface area (Å²) in [6.07, 6.45) is 2.04. The molecule has 0 amide bonds. The van der Waals surface area contributed by atoms with Gasteiger partial charge in [-0.1, -0.05) is 37.2 Å². The van der Waals surface area contributed by atoms with Crippen molar-refractivity contribution in [1.82, 2.24) is 14.7 Å². The van der Waals surface area contributed by atoms with Gasteiger partial charge in [0.1, 0.15) is 0 Å². The minimum absolute atomic E-state index is 0.247. The fourth-order valence-electron chi connectivity index (χ4n) is 2.36. The third-order valence-electron chi connectivity index (χ3n) is 3.38. The standard InChI is InChI=1S/C15H18N4O/c1-10(2)15-17-13(18-20-15)9-19-7-6-11-4-3-5-12(8-16)14(11)19/h3-7,10H,8-9,16H2,1-2H3. The highest BCUT2D eigenvalue weighted by atomic mass is 16.5. The number of para-hydroxylation sites is 1. The van der Waals surface area contributed by atoms with Crippen LogP contribution in [-0.2, 0) is 13.1 Å². The topological polar surface area (TPSA) is 69.9 Å². The quantitative estimate of drug-likeness (QED) is 0.791. The first-order chi connectivity index (χ1) is 9.69. The van der Waals surface area contributed by atoms with Crippen LogP contribution in [0, 0.1) is 0 Å². The molecule has 1 aromatic carbocycles. The monoisotopic (exact) mass is 270 g/mol. The Bertz CT molecular complexity index is 726. The van der Waals surface area contributed by atoms with Gasteiger partial charge in [-0.25, -0.2) is 0 Å². The zero-order chi connectivity index (χ0) is 14.1. The first-order valence-electron chi connectivity index (χ1n) is 6.78. The van der Waals surface area contributed by atoms with E-state index in [0.29, 0.717) is 24.8 Å². The molecular weight excluding hydrogens is 252 g/mol. The van der Waals surface area contributed by atoms with Crippen LogP contribution in [0.1, 0.15) is 37.0 Å². The number of benzene rings is 1. The summed E-state index contributed by atoms with van der Waals surface area (Å²) in [6.45, 7) is 5.19. The van der Waals surface area contributed by atoms with Gasteiger partial charge in [0.2, 0.25) is 5.89 Å². The van der Waals surface area contributed by atoms with E-state index >= 15 is 0 Å². The molecule has 0 atom stereocenters. The molecule has 20 heavy (non-hydrogen) atoms. The van der Waals surface area contributed by atoms with Gasteiger partial charge in [-0.3, -0.25) is 0 Å². The summed E-state index contributed by atoms with van der Waals surface area (Å²) in [6, 6.07) is 8.24. The number of aromatic nitrogens is 3. The number of rotatable bonds is 4. The third-order valence-corrected chi connectivity index (χ3v) is 3.38. The number of hydrogen-bond donors (Lipinski definition) is 1. The summed E-state index contributed by atoms with van der Waals surface area (Å²) in [5.41, 5.74) is 8.09. The molecule has 5 nitrogen and oxygen atoms in total. The van der Waals surface area contributed by atoms with Crippen molar-refractivity contribution in [2.75, 3.05) is 0 Å². The Morgan fingerprint density at radius 3 is 2.85 bits per heavy atom. The molecule has 2 heterocycles. The number of hydrogen-bond acceptors (Lipinski definition) is 4. The van der Waals surface area contributed by atoms with Crippen molar-refractivity contribution in [3.8, 4) is 0 Å². The molecule has 0 aliphatic heterocycles. The Labute approximate surface area is 117 Å². The normalized spacial score (nSPS) is 11.6. The van der Waals surface area contributed by atoms with Crippen molar-refractivity contribution in [1.29, 1.82) is 0 Å². The number of fused-ring (bicyclic) bond motifs is 1. The minimum Gasteiger partial charge on any atom is -0.339 e. The van der Waals surface area contributed by atoms with Gasteiger partial charge in [-0.05, 0) is 17.0 Å². The molecule has 0 aliphatic rings. The van der Waals surface area contributed by atoms with Gasteiger partial charge < -0.3 is 14.8 Å². The molecule has 0 saturated carbocycles. The van der Waals surface area contributed by atoms with E-state index in [4.69, 9.17) is 10.3 Å². The van der Waals surface area contributed by atoms with Crippen molar-refractivity contribution < 1.29 is 4.52 Å². The summed E-state index contributed by atoms with van der Waals surface area (Å²) in [5.74, 6) is 1.62. The maximum Gasteiger partial charge on any atom is 0.229 e. The molecular formula is C15H18N4O. The van der Waals surface area contributed by atoms with Gasteiger partial charge in [0, 0.05) is 18.7 Å². The van der Waals surface area contributed by atoms with Crippen molar-refractivity contribution >= 4 is 10.9 Å². The lowest BCUT2D eigenvalue weighted by molar-refractivity contribution is 0.360. The van der Waals surface area contributed by atoms with Crippen molar-refractivity contribution in [2.45, 2.75) is 32.9 Å². The van der Waals surface area contributed by atoms with Crippen LogP contribution in [0.4, 0.5) is 0 Å². The molecule has 0 unspecified atom stereocenters. The zero-order valence-corrected chi connectivity index (χ0v) is 11.7. The average Bonchev–Trinajstić information content (AvgIpc) is 3.06. The Morgan fingerprint density at radius 2 is 2.15 bits per heavy atom. The largest absolute Gasteiger partial charge is 0.339 e. The van der Waals surface area contributed by atoms with Crippen LogP contribution in [-0.4, -0.2) is 14.7 Å². The van der Waals surface area contributed by atoms with Crippen LogP contribution in [0.2, 0.25) is 0 Å². The Kier molecular flexibility index (Phi) is 3.28. The highest BCUT2D eigenvalue weighted by Gasteiger charge is 2.12. The molecule has 104 valence electrons. The molecule has 2 N–H and O–H groups in total. The Balaban J connectivity index is 1.97. The van der Waals surface area contributed by atoms with Gasteiger partial charge in [0.05, 0.1) is 12.1 Å². The van der Waals surface area contributed by atoms with Crippen LogP contribution in [0.5, 0.6) is 0 Å². The van der Waals surface area contributed by atoms with Gasteiger partial charge in [-0.15, -0.1) is 0 Å². The maximum absolute atomic E-state index is 5.82. The second-order valence-electron chi connectivity index (χ2n) is 5.21. The highest BCUT2D eigenvalue weighted by Crippen LogP contribution is 2.21. The second kappa shape index (κ2) is 5.09. The van der Waals surface area contributed by atoms with Gasteiger partial charge in [-0.2, -0.15) is 4.98 Å². The first kappa shape index (κ1) is 12.9. The Morgan fingerprint density at radius 1 is 1.30 bits per heavy atom. The van der Waals surface area contributed by atoms with E-state index in [9.17, 15) is 0 Å². The summed E-state index contributed by atoms with van der Waals surface area (Å²) in [7, 11) is 0. The summed E-state index contributed by atoms with van der Waals surface area (Å²) in [4.78, 5) is 4.42. The molecule has 0 radical (unpaired) electrons. The first-order valence-corrected chi connectivity index (χ1v) is 6.78. The van der Waals surface area contributed by atoms with Crippen LogP contribution >= 0.6 is 0 Å². The van der Waals surface area contributed by atoms with Crippen LogP contribution in [0.15, 0.2) is 35.0 Å². The summed E-state index contributed by atoms with van der Waals surface area (Å²) >= 11 is 0. The summed E-state index contributed by atoms with van der Waals surface area (Å²) < 4.78 is 7.36. The maximum atomic E-state index is 5.82. The van der Waals surface area contributed by atoms with E-state index in [1.165, 1.54) is 5.39 Å². The summed E-state index contributed by atoms with van der Waals surface area (Å²) in [5, 5.41) is 5.22. The number of nitrogens with two attached hydrogens (primary N) is 1. The van der Waals surface area contributed by atoms with Crippen LogP contribution in [0.25, 0.3) is 10.9 Å². The lowest BCUT2D eigenvalue weighted by Gasteiger charge is -2.06. The minimum atomic E-state index is 0.247. The number of nitrogens with zero attached hydrogens (tertiary/aromatic N) is 3. The van der Waals surface area contributed by atoms with E-state index in [2.05, 4.69) is 32.9 Å². The third kappa shape index (κ3) is 2.20. The van der Waals surface area contributed by atoms with Gasteiger partial charge in [0.25, 0.3) is 0 Å². The smallest absolute Gasteiger partial charge is 0.229 e. The lowest BCUT2D eigenvalue weighted by Crippen LogP contribution is -2.04. The SMILES string of the molecule is CC(C)c1nc(Cn2ccc3cccc(CN)c32)no1. The molecule has 3 rings (SSSR count). The van der Waals surface area contributed by atoms with Crippen LogP contribution in [0.3, 0.4) is 0 Å². The molecule has 0 aliphatic carbocycles. The van der Waals surface area contributed by atoms with Crippen molar-refractivity contribution in [2.24, 2.45) is 5.73 Å². The average molecular weight is 270 g/mol. The predicted octanol–water partition coefficient (Wildman–Crippen LogP) is 2.65. The van der Waals surface area contributed by atoms with E-state index in [1.54, 1.807) is 0 Å². The van der Waals surface area contributed by atoms with E-state index < -0.39 is 0 Å². The molecule has 0 bridgehead atoms. The van der Waals surface area contributed by atoms with E-state index in [1.807, 2.05) is 26.1 Å². The molecule has 3 aromatic rings. The van der Waals surface area contributed by atoms with E-state index in [0.717, 1.165) is 11.1 Å². The van der Waals surface area contributed by atoms with Crippen molar-refractivity contribution in [3.05, 3.63) is 47.7 Å². The van der Waals surface area contributed by atoms with Crippen molar-refractivity contribution in [3.63, 3.8) is 0 Å². The van der Waals surface area contributed by atoms with Gasteiger partial charge >= 0.3 is 0 Å². The lowest BCUT2D eigenvalue weighted by atomic mass is 10.1. The highest BCUT2D eigenvalue weighted by molar-refractivity contribution is 5.83. The predicted molar refractivity (Wildman–Crippen MR) is 77.3 cm³/mol. The molecule has 0 saturated heterocycles. The molecule has 0 fully saturated rings. The van der Waals surface area contributed by atoms with Crippen LogP contribution < -0.4 is 5.73 Å². The fourth-order valence-corrected chi connectivity index (χ4v) is 2.36. The zero-order valence-electron chi connectivity index (χ0n) is 11.7. The molecule has 2 aromatic heterocycles. The second-order valence-corrected chi connectivity index (χ2v) is 5.21. The fraction of sp³-hybridized carbons (Fsp3) is 0.333. The van der Waals surface area contributed by atoms with Gasteiger partial charge in [0.15, 0.2) is 5.82 Å². The van der Waals surface area contributed by atoms with E-state index in [-0.39, 0.29) is 5.92 Å².